The number of piperidine rings is 1. The number of rotatable bonds is 6. The average molecular weight is 483 g/mol. The number of carbonyl (C=O) groups is 1. The van der Waals surface area contributed by atoms with Crippen LogP contribution in [0.1, 0.15) is 42.8 Å². The number of hydrogen-bond acceptors (Lipinski definition) is 5. The molecule has 1 fully saturated rings. The summed E-state index contributed by atoms with van der Waals surface area (Å²) < 4.78 is 6.44. The van der Waals surface area contributed by atoms with Crippen molar-refractivity contribution in [2.75, 3.05) is 13.1 Å². The van der Waals surface area contributed by atoms with Crippen LogP contribution in [0.3, 0.4) is 0 Å². The van der Waals surface area contributed by atoms with Crippen LogP contribution in [-0.4, -0.2) is 34.0 Å². The van der Waals surface area contributed by atoms with E-state index in [1.807, 2.05) is 31.2 Å². The van der Waals surface area contributed by atoms with Gasteiger partial charge in [0.1, 0.15) is 0 Å². The summed E-state index contributed by atoms with van der Waals surface area (Å²) in [4.78, 5) is 19.6. The summed E-state index contributed by atoms with van der Waals surface area (Å²) in [6.45, 7) is 6.27. The van der Waals surface area contributed by atoms with Crippen LogP contribution in [0, 0.1) is 12.8 Å². The zero-order valence-corrected chi connectivity index (χ0v) is 19.4. The average Bonchev–Trinajstić information content (AvgIpc) is 3.23. The number of hydrogen-bond donors (Lipinski definition) is 1. The number of nitrogens with one attached hydrogen (secondary N) is 1. The summed E-state index contributed by atoms with van der Waals surface area (Å²) in [5.74, 6) is 1.23. The summed E-state index contributed by atoms with van der Waals surface area (Å²) in [7, 11) is 0. The smallest absolute Gasteiger partial charge is 0.241 e. The number of aryl methyl sites for hydroxylation is 1. The van der Waals surface area contributed by atoms with E-state index in [0.717, 1.165) is 35.0 Å². The van der Waals surface area contributed by atoms with E-state index in [9.17, 15) is 4.79 Å². The van der Waals surface area contributed by atoms with E-state index in [0.29, 0.717) is 24.8 Å². The molecule has 0 radical (unpaired) electrons. The molecule has 1 N–H and O–H groups in total. The van der Waals surface area contributed by atoms with Gasteiger partial charge in [-0.25, -0.2) is 0 Å². The first kappa shape index (κ1) is 21.7. The fourth-order valence-electron chi connectivity index (χ4n) is 3.94. The third-order valence-electron chi connectivity index (χ3n) is 5.72. The van der Waals surface area contributed by atoms with Crippen LogP contribution in [0.4, 0.5) is 0 Å². The molecule has 2 aromatic carbocycles. The van der Waals surface area contributed by atoms with Gasteiger partial charge in [-0.05, 0) is 50.9 Å². The van der Waals surface area contributed by atoms with Gasteiger partial charge in [-0.1, -0.05) is 63.0 Å². The van der Waals surface area contributed by atoms with E-state index < -0.39 is 0 Å². The predicted molar refractivity (Wildman–Crippen MR) is 123 cm³/mol. The first-order chi connectivity index (χ1) is 15.0. The zero-order valence-electron chi connectivity index (χ0n) is 17.8. The Morgan fingerprint density at radius 3 is 2.87 bits per heavy atom. The van der Waals surface area contributed by atoms with Crippen LogP contribution in [0.5, 0.6) is 0 Å². The minimum absolute atomic E-state index is 0.00725. The molecule has 31 heavy (non-hydrogen) atoms. The van der Waals surface area contributed by atoms with E-state index in [1.165, 1.54) is 5.56 Å². The van der Waals surface area contributed by atoms with Crippen molar-refractivity contribution in [3.8, 4) is 11.4 Å². The first-order valence-electron chi connectivity index (χ1n) is 10.7. The minimum atomic E-state index is -0.0332. The van der Waals surface area contributed by atoms with Crippen LogP contribution in [0.2, 0.25) is 0 Å². The lowest BCUT2D eigenvalue weighted by molar-refractivity contribution is -0.127. The number of benzene rings is 2. The number of carbonyl (C=O) groups excluding carboxylic acids is 1. The number of amides is 1. The highest BCUT2D eigenvalue weighted by Crippen LogP contribution is 2.23. The Kier molecular flexibility index (Phi) is 6.83. The van der Waals surface area contributed by atoms with Gasteiger partial charge in [0.05, 0.1) is 18.5 Å². The lowest BCUT2D eigenvalue weighted by atomic mass is 9.96. The van der Waals surface area contributed by atoms with Gasteiger partial charge in [0.2, 0.25) is 17.6 Å². The summed E-state index contributed by atoms with van der Waals surface area (Å²) in [6, 6.07) is 16.1. The topological polar surface area (TPSA) is 71.3 Å². The van der Waals surface area contributed by atoms with Crippen LogP contribution < -0.4 is 5.32 Å². The van der Waals surface area contributed by atoms with E-state index in [1.54, 1.807) is 0 Å². The molecule has 0 spiro atoms. The molecule has 1 amide bonds. The highest BCUT2D eigenvalue weighted by Gasteiger charge is 2.27. The predicted octanol–water partition coefficient (Wildman–Crippen LogP) is 4.90. The maximum Gasteiger partial charge on any atom is 0.241 e. The molecule has 0 saturated carbocycles. The summed E-state index contributed by atoms with van der Waals surface area (Å²) in [5.41, 5.74) is 3.25. The lowest BCUT2D eigenvalue weighted by Crippen LogP contribution is -2.43. The molecular weight excluding hydrogens is 456 g/mol. The standard InChI is InChI=1S/C24H27BrN4O2/c1-16-8-10-18(11-9-16)17(2)26-24(30)20-6-4-12-29(14-20)15-22-27-23(28-31-22)19-5-3-7-21(25)13-19/h3,5,7-11,13,17,20H,4,6,12,14-15H2,1-2H3,(H,26,30). The second-order valence-corrected chi connectivity index (χ2v) is 9.15. The van der Waals surface area contributed by atoms with Gasteiger partial charge in [-0.15, -0.1) is 0 Å². The molecule has 2 heterocycles. The number of halogens is 1. The molecule has 1 aliphatic rings. The van der Waals surface area contributed by atoms with Crippen LogP contribution in [0.25, 0.3) is 11.4 Å². The molecule has 4 rings (SSSR count). The molecule has 0 bridgehead atoms. The Morgan fingerprint density at radius 2 is 2.10 bits per heavy atom. The minimum Gasteiger partial charge on any atom is -0.349 e. The molecule has 162 valence electrons. The molecule has 6 nitrogen and oxygen atoms in total. The Bertz CT molecular complexity index is 1030. The van der Waals surface area contributed by atoms with Gasteiger partial charge in [-0.3, -0.25) is 9.69 Å². The van der Waals surface area contributed by atoms with E-state index in [2.05, 4.69) is 67.5 Å². The second kappa shape index (κ2) is 9.75. The van der Waals surface area contributed by atoms with Crippen LogP contribution in [-0.2, 0) is 11.3 Å². The fourth-order valence-corrected chi connectivity index (χ4v) is 4.34. The maximum absolute atomic E-state index is 12.9. The normalized spacial score (nSPS) is 18.0. The highest BCUT2D eigenvalue weighted by atomic mass is 79.9. The molecule has 2 atom stereocenters. The molecule has 1 aliphatic heterocycles. The Hall–Kier alpha value is -2.51. The van der Waals surface area contributed by atoms with Crippen LogP contribution in [0.15, 0.2) is 57.5 Å². The van der Waals surface area contributed by atoms with E-state index in [4.69, 9.17) is 4.52 Å². The van der Waals surface area contributed by atoms with Crippen molar-refractivity contribution in [1.29, 1.82) is 0 Å². The fraction of sp³-hybridized carbons (Fsp3) is 0.375. The van der Waals surface area contributed by atoms with Gasteiger partial charge in [0.15, 0.2) is 0 Å². The molecule has 1 saturated heterocycles. The molecule has 2 unspecified atom stereocenters. The van der Waals surface area contributed by atoms with Crippen molar-refractivity contribution >= 4 is 21.8 Å². The number of likely N-dealkylation sites (tertiary alicyclic amines) is 1. The molecule has 0 aliphatic carbocycles. The monoisotopic (exact) mass is 482 g/mol. The van der Waals surface area contributed by atoms with Crippen molar-refractivity contribution < 1.29 is 9.32 Å². The zero-order chi connectivity index (χ0) is 21.8. The molecule has 1 aromatic heterocycles. The molecular formula is C24H27BrN4O2. The van der Waals surface area contributed by atoms with Crippen molar-refractivity contribution in [2.45, 2.75) is 39.3 Å². The number of nitrogens with zero attached hydrogens (tertiary/aromatic N) is 3. The molecule has 7 heteroatoms. The van der Waals surface area contributed by atoms with Gasteiger partial charge >= 0.3 is 0 Å². The molecule has 3 aromatic rings. The number of aromatic nitrogens is 2. The Labute approximate surface area is 191 Å². The van der Waals surface area contributed by atoms with Gasteiger partial charge in [0.25, 0.3) is 0 Å². The SMILES string of the molecule is Cc1ccc(C(C)NC(=O)C2CCCN(Cc3nc(-c4cccc(Br)c4)no3)C2)cc1. The lowest BCUT2D eigenvalue weighted by Gasteiger charge is -2.31. The third kappa shape index (κ3) is 5.60. The van der Waals surface area contributed by atoms with Crippen molar-refractivity contribution in [1.82, 2.24) is 20.4 Å². The van der Waals surface area contributed by atoms with E-state index in [-0.39, 0.29) is 17.9 Å². The van der Waals surface area contributed by atoms with Crippen molar-refractivity contribution in [3.05, 3.63) is 70.0 Å². The van der Waals surface area contributed by atoms with Crippen LogP contribution >= 0.6 is 15.9 Å². The van der Waals surface area contributed by atoms with Gasteiger partial charge < -0.3 is 9.84 Å². The Morgan fingerprint density at radius 1 is 1.29 bits per heavy atom. The summed E-state index contributed by atoms with van der Waals surface area (Å²) in [5, 5.41) is 7.29. The largest absolute Gasteiger partial charge is 0.349 e. The van der Waals surface area contributed by atoms with Gasteiger partial charge in [-0.2, -0.15) is 4.98 Å². The highest BCUT2D eigenvalue weighted by molar-refractivity contribution is 9.10. The van der Waals surface area contributed by atoms with Crippen molar-refractivity contribution in [3.63, 3.8) is 0 Å². The summed E-state index contributed by atoms with van der Waals surface area (Å²) >= 11 is 3.47. The third-order valence-corrected chi connectivity index (χ3v) is 6.22. The van der Waals surface area contributed by atoms with Gasteiger partial charge in [0, 0.05) is 16.6 Å². The quantitative estimate of drug-likeness (QED) is 0.540. The first-order valence-corrected chi connectivity index (χ1v) is 11.4. The maximum atomic E-state index is 12.9. The summed E-state index contributed by atoms with van der Waals surface area (Å²) in [6.07, 6.45) is 1.87. The van der Waals surface area contributed by atoms with Crippen molar-refractivity contribution in [2.24, 2.45) is 5.92 Å². The second-order valence-electron chi connectivity index (χ2n) is 8.24. The van der Waals surface area contributed by atoms with E-state index >= 15 is 0 Å². The Balaban J connectivity index is 1.34.